The Morgan fingerprint density at radius 3 is 2.94 bits per heavy atom. The van der Waals surface area contributed by atoms with Crippen LogP contribution >= 0.6 is 0 Å². The second-order valence-corrected chi connectivity index (χ2v) is 5.73. The van der Waals surface area contributed by atoms with Crippen molar-refractivity contribution in [3.8, 4) is 5.75 Å². The Kier molecular flexibility index (Phi) is 2.86. The average Bonchev–Trinajstić information content (AvgIpc) is 2.26. The predicted molar refractivity (Wildman–Crippen MR) is 72.5 cm³/mol. The largest absolute Gasteiger partial charge is 0.482 e. The molecule has 18 heavy (non-hydrogen) atoms. The number of fused-ring (bicyclic) bond motifs is 1. The van der Waals surface area contributed by atoms with E-state index in [2.05, 4.69) is 42.4 Å². The number of nitrogens with zero attached hydrogens (tertiary/aromatic N) is 1. The Morgan fingerprint density at radius 2 is 2.22 bits per heavy atom. The molecule has 1 fully saturated rings. The van der Waals surface area contributed by atoms with Crippen LogP contribution in [0.5, 0.6) is 5.75 Å². The van der Waals surface area contributed by atoms with Crippen LogP contribution in [0.15, 0.2) is 18.2 Å². The van der Waals surface area contributed by atoms with Crippen LogP contribution in [0, 0.1) is 0 Å². The summed E-state index contributed by atoms with van der Waals surface area (Å²) in [5.74, 6) is 0.884. The van der Waals surface area contributed by atoms with Crippen molar-refractivity contribution in [3.05, 3.63) is 29.6 Å². The van der Waals surface area contributed by atoms with Gasteiger partial charge in [0.15, 0.2) is 0 Å². The third-order valence-corrected chi connectivity index (χ3v) is 3.64. The van der Waals surface area contributed by atoms with Crippen LogP contribution in [-0.4, -0.2) is 16.6 Å². The van der Waals surface area contributed by atoms with Gasteiger partial charge in [0.2, 0.25) is 0 Å². The minimum Gasteiger partial charge on any atom is -0.482 e. The molecular formula is C15H20N2O. The minimum atomic E-state index is -0.222. The van der Waals surface area contributed by atoms with E-state index in [0.29, 0.717) is 6.04 Å². The van der Waals surface area contributed by atoms with E-state index in [0.717, 1.165) is 23.7 Å². The van der Waals surface area contributed by atoms with Crippen LogP contribution < -0.4 is 10.1 Å². The lowest BCUT2D eigenvalue weighted by molar-refractivity contribution is 0.158. The first kappa shape index (κ1) is 11.7. The molecule has 3 nitrogen and oxygen atoms in total. The molecular weight excluding hydrogens is 224 g/mol. The summed E-state index contributed by atoms with van der Waals surface area (Å²) in [6.45, 7) is 4.96. The van der Waals surface area contributed by atoms with E-state index in [1.807, 2.05) is 6.07 Å². The summed E-state index contributed by atoms with van der Waals surface area (Å²) in [5, 5.41) is 3.53. The van der Waals surface area contributed by atoms with Gasteiger partial charge in [-0.2, -0.15) is 0 Å². The van der Waals surface area contributed by atoms with Gasteiger partial charge < -0.3 is 10.1 Å². The first-order chi connectivity index (χ1) is 8.62. The van der Waals surface area contributed by atoms with E-state index in [1.165, 1.54) is 19.3 Å². The molecule has 0 unspecified atom stereocenters. The highest BCUT2D eigenvalue weighted by Crippen LogP contribution is 2.29. The molecule has 2 heterocycles. The second-order valence-electron chi connectivity index (χ2n) is 5.73. The Labute approximate surface area is 108 Å². The van der Waals surface area contributed by atoms with Crippen molar-refractivity contribution in [1.82, 2.24) is 10.3 Å². The van der Waals surface area contributed by atoms with Gasteiger partial charge >= 0.3 is 0 Å². The molecule has 1 aliphatic heterocycles. The number of nitrogens with one attached hydrogen (secondary N) is 1. The highest BCUT2D eigenvalue weighted by atomic mass is 16.5. The maximum atomic E-state index is 5.86. The zero-order valence-corrected chi connectivity index (χ0v) is 11.1. The zero-order valence-electron chi connectivity index (χ0n) is 11.1. The molecule has 0 radical (unpaired) electrons. The highest BCUT2D eigenvalue weighted by molar-refractivity contribution is 5.57. The van der Waals surface area contributed by atoms with E-state index in [9.17, 15) is 0 Å². The number of hydrogen-bond donors (Lipinski definition) is 1. The van der Waals surface area contributed by atoms with Gasteiger partial charge in [0.25, 0.3) is 0 Å². The average molecular weight is 244 g/mol. The van der Waals surface area contributed by atoms with Gasteiger partial charge in [-0.15, -0.1) is 0 Å². The number of rotatable bonds is 3. The fourth-order valence-electron chi connectivity index (χ4n) is 2.27. The van der Waals surface area contributed by atoms with Crippen LogP contribution in [0.25, 0.3) is 6.08 Å². The smallest absolute Gasteiger partial charge is 0.146 e. The van der Waals surface area contributed by atoms with E-state index in [-0.39, 0.29) is 5.60 Å². The van der Waals surface area contributed by atoms with Gasteiger partial charge in [0.05, 0.1) is 5.69 Å². The Morgan fingerprint density at radius 1 is 1.39 bits per heavy atom. The van der Waals surface area contributed by atoms with Crippen molar-refractivity contribution in [3.63, 3.8) is 0 Å². The fraction of sp³-hybridized carbons (Fsp3) is 0.533. The Hall–Kier alpha value is -1.35. The Balaban J connectivity index is 1.71. The van der Waals surface area contributed by atoms with Crippen LogP contribution in [0.1, 0.15) is 44.5 Å². The molecule has 0 aromatic carbocycles. The van der Waals surface area contributed by atoms with Crippen molar-refractivity contribution in [1.29, 1.82) is 0 Å². The lowest BCUT2D eigenvalue weighted by atomic mass is 9.93. The summed E-state index contributed by atoms with van der Waals surface area (Å²) in [6, 6.07) is 4.79. The normalized spacial score (nSPS) is 21.0. The third kappa shape index (κ3) is 2.41. The molecule has 0 atom stereocenters. The van der Waals surface area contributed by atoms with Crippen molar-refractivity contribution in [2.45, 2.75) is 51.3 Å². The molecule has 0 bridgehead atoms. The van der Waals surface area contributed by atoms with Gasteiger partial charge in [0.1, 0.15) is 17.0 Å². The lowest BCUT2D eigenvalue weighted by Crippen LogP contribution is -2.34. The van der Waals surface area contributed by atoms with E-state index < -0.39 is 0 Å². The third-order valence-electron chi connectivity index (χ3n) is 3.64. The van der Waals surface area contributed by atoms with Crippen LogP contribution in [0.3, 0.4) is 0 Å². The van der Waals surface area contributed by atoms with Gasteiger partial charge in [0, 0.05) is 12.6 Å². The summed E-state index contributed by atoms with van der Waals surface area (Å²) in [5.41, 5.74) is 1.82. The SMILES string of the molecule is CC1(C)C=Cc2nc(CNC3CCC3)ccc2O1. The molecule has 0 spiro atoms. The first-order valence-electron chi connectivity index (χ1n) is 6.74. The lowest BCUT2D eigenvalue weighted by Gasteiger charge is -2.28. The predicted octanol–water partition coefficient (Wildman–Crippen LogP) is 2.91. The first-order valence-corrected chi connectivity index (χ1v) is 6.74. The van der Waals surface area contributed by atoms with Crippen molar-refractivity contribution >= 4 is 6.08 Å². The monoisotopic (exact) mass is 244 g/mol. The second kappa shape index (κ2) is 4.39. The van der Waals surface area contributed by atoms with Gasteiger partial charge in [-0.1, -0.05) is 6.42 Å². The summed E-state index contributed by atoms with van der Waals surface area (Å²) >= 11 is 0. The maximum Gasteiger partial charge on any atom is 0.146 e. The topological polar surface area (TPSA) is 34.2 Å². The Bertz CT molecular complexity index is 475. The van der Waals surface area contributed by atoms with Crippen LogP contribution in [0.4, 0.5) is 0 Å². The highest BCUT2D eigenvalue weighted by Gasteiger charge is 2.22. The fourth-order valence-corrected chi connectivity index (χ4v) is 2.27. The van der Waals surface area contributed by atoms with E-state index >= 15 is 0 Å². The van der Waals surface area contributed by atoms with Gasteiger partial charge in [-0.05, 0) is 51.0 Å². The number of pyridine rings is 1. The molecule has 1 N–H and O–H groups in total. The summed E-state index contributed by atoms with van der Waals surface area (Å²) in [4.78, 5) is 4.63. The molecule has 1 aromatic heterocycles. The number of hydrogen-bond acceptors (Lipinski definition) is 3. The molecule has 96 valence electrons. The quantitative estimate of drug-likeness (QED) is 0.887. The number of ether oxygens (including phenoxy) is 1. The van der Waals surface area contributed by atoms with Crippen molar-refractivity contribution in [2.75, 3.05) is 0 Å². The van der Waals surface area contributed by atoms with Crippen LogP contribution in [0.2, 0.25) is 0 Å². The summed E-state index contributed by atoms with van der Waals surface area (Å²) < 4.78 is 5.86. The van der Waals surface area contributed by atoms with E-state index in [4.69, 9.17) is 4.74 Å². The number of aromatic nitrogens is 1. The van der Waals surface area contributed by atoms with Crippen LogP contribution in [-0.2, 0) is 6.54 Å². The molecule has 1 saturated carbocycles. The van der Waals surface area contributed by atoms with Crippen molar-refractivity contribution in [2.24, 2.45) is 0 Å². The maximum absolute atomic E-state index is 5.86. The molecule has 0 saturated heterocycles. The van der Waals surface area contributed by atoms with Gasteiger partial charge in [-0.3, -0.25) is 0 Å². The van der Waals surface area contributed by atoms with Gasteiger partial charge in [-0.25, -0.2) is 4.98 Å². The molecule has 0 amide bonds. The van der Waals surface area contributed by atoms with Crippen molar-refractivity contribution < 1.29 is 4.74 Å². The van der Waals surface area contributed by atoms with E-state index in [1.54, 1.807) is 0 Å². The summed E-state index contributed by atoms with van der Waals surface area (Å²) in [6.07, 6.45) is 8.10. The zero-order chi connectivity index (χ0) is 12.6. The molecule has 3 rings (SSSR count). The molecule has 3 heteroatoms. The molecule has 1 aliphatic carbocycles. The minimum absolute atomic E-state index is 0.222. The molecule has 1 aromatic rings. The summed E-state index contributed by atoms with van der Waals surface area (Å²) in [7, 11) is 0. The molecule has 2 aliphatic rings. The standard InChI is InChI=1S/C15H20N2O/c1-15(2)9-8-13-14(18-15)7-6-12(17-13)10-16-11-4-3-5-11/h6-9,11,16H,3-5,10H2,1-2H3.